The topological polar surface area (TPSA) is 68.1 Å². The lowest BCUT2D eigenvalue weighted by atomic mass is 10.1. The summed E-state index contributed by atoms with van der Waals surface area (Å²) in [6.07, 6.45) is 1.17. The van der Waals surface area contributed by atoms with Crippen LogP contribution in [-0.2, 0) is 9.59 Å². The molecule has 0 N–H and O–H groups in total. The van der Waals surface area contributed by atoms with E-state index in [1.807, 2.05) is 47.9 Å². The normalized spacial score (nSPS) is 13.9. The number of thioether (sulfide) groups is 1. The number of hydrogen-bond acceptors (Lipinski definition) is 5. The minimum atomic E-state index is -0.194. The highest BCUT2D eigenvalue weighted by Gasteiger charge is 2.27. The molecule has 2 heterocycles. The van der Waals surface area contributed by atoms with Gasteiger partial charge in [-0.2, -0.15) is 0 Å². The molecule has 1 aromatic heterocycles. The van der Waals surface area contributed by atoms with Crippen molar-refractivity contribution in [3.8, 4) is 17.1 Å². The Morgan fingerprint density at radius 1 is 1.10 bits per heavy atom. The van der Waals surface area contributed by atoms with E-state index in [0.29, 0.717) is 29.0 Å². The number of aromatic nitrogens is 3. The molecule has 1 aliphatic heterocycles. The van der Waals surface area contributed by atoms with Gasteiger partial charge in [-0.25, -0.2) is 0 Å². The Morgan fingerprint density at radius 3 is 2.48 bits per heavy atom. The van der Waals surface area contributed by atoms with E-state index in [1.54, 1.807) is 12.1 Å². The summed E-state index contributed by atoms with van der Waals surface area (Å²) >= 11 is 7.32. The molecule has 0 saturated carbocycles. The molecule has 0 radical (unpaired) electrons. The highest BCUT2D eigenvalue weighted by molar-refractivity contribution is 7.99. The predicted octanol–water partition coefficient (Wildman–Crippen LogP) is 4.14. The number of likely N-dealkylation sites (tertiary alicyclic amines) is 1. The van der Waals surface area contributed by atoms with Gasteiger partial charge in [0.1, 0.15) is 0 Å². The van der Waals surface area contributed by atoms with Gasteiger partial charge >= 0.3 is 0 Å². The van der Waals surface area contributed by atoms with E-state index in [4.69, 9.17) is 11.6 Å². The Balaban J connectivity index is 1.66. The number of amides is 2. The van der Waals surface area contributed by atoms with E-state index in [1.165, 1.54) is 16.7 Å². The molecule has 1 aliphatic rings. The molecule has 0 spiro atoms. The van der Waals surface area contributed by atoms with Gasteiger partial charge in [0.2, 0.25) is 11.8 Å². The summed E-state index contributed by atoms with van der Waals surface area (Å²) in [6.45, 7) is 2.52. The Morgan fingerprint density at radius 2 is 1.83 bits per heavy atom. The molecule has 2 aromatic carbocycles. The smallest absolute Gasteiger partial charge is 0.239 e. The van der Waals surface area contributed by atoms with Crippen LogP contribution in [0.25, 0.3) is 17.1 Å². The van der Waals surface area contributed by atoms with Crippen molar-refractivity contribution in [2.24, 2.45) is 0 Å². The van der Waals surface area contributed by atoms with Crippen LogP contribution in [-0.4, -0.2) is 43.8 Å². The molecule has 6 nitrogen and oxygen atoms in total. The molecule has 29 heavy (non-hydrogen) atoms. The first-order valence-electron chi connectivity index (χ1n) is 9.27. The first kappa shape index (κ1) is 19.7. The maximum absolute atomic E-state index is 12.4. The van der Waals surface area contributed by atoms with Gasteiger partial charge in [0.05, 0.1) is 5.75 Å². The Hall–Kier alpha value is -2.64. The third kappa shape index (κ3) is 4.21. The van der Waals surface area contributed by atoms with Gasteiger partial charge in [0.15, 0.2) is 11.0 Å². The third-order valence-electron chi connectivity index (χ3n) is 4.73. The highest BCUT2D eigenvalue weighted by Crippen LogP contribution is 2.29. The van der Waals surface area contributed by atoms with Crippen LogP contribution in [0.5, 0.6) is 0 Å². The zero-order chi connectivity index (χ0) is 20.4. The second-order valence-electron chi connectivity index (χ2n) is 6.82. The second-order valence-corrected chi connectivity index (χ2v) is 8.19. The van der Waals surface area contributed by atoms with Crippen molar-refractivity contribution in [2.75, 3.05) is 12.3 Å². The van der Waals surface area contributed by atoms with Crippen molar-refractivity contribution < 1.29 is 9.59 Å². The minimum Gasteiger partial charge on any atom is -0.282 e. The number of aryl methyl sites for hydroxylation is 1. The molecular weight excluding hydrogens is 408 g/mol. The van der Waals surface area contributed by atoms with Gasteiger partial charge in [-0.3, -0.25) is 19.1 Å². The van der Waals surface area contributed by atoms with Crippen LogP contribution >= 0.6 is 23.4 Å². The molecule has 1 saturated heterocycles. The van der Waals surface area contributed by atoms with Crippen LogP contribution in [0.15, 0.2) is 53.7 Å². The lowest BCUT2D eigenvalue weighted by Crippen LogP contribution is -2.33. The molecule has 0 bridgehead atoms. The zero-order valence-corrected chi connectivity index (χ0v) is 17.4. The molecule has 148 valence electrons. The number of hydrogen-bond donors (Lipinski definition) is 0. The van der Waals surface area contributed by atoms with Crippen LogP contribution in [0.2, 0.25) is 5.02 Å². The van der Waals surface area contributed by atoms with Crippen LogP contribution in [0, 0.1) is 6.92 Å². The fraction of sp³-hybridized carbons (Fsp3) is 0.238. The largest absolute Gasteiger partial charge is 0.282 e. The van der Waals surface area contributed by atoms with Gasteiger partial charge in [-0.15, -0.1) is 10.2 Å². The molecule has 0 aliphatic carbocycles. The van der Waals surface area contributed by atoms with Crippen LogP contribution in [0.3, 0.4) is 0 Å². The third-order valence-corrected chi connectivity index (χ3v) is 5.89. The van der Waals surface area contributed by atoms with E-state index in [0.717, 1.165) is 23.2 Å². The number of imide groups is 1. The van der Waals surface area contributed by atoms with Gasteiger partial charge in [-0.1, -0.05) is 53.2 Å². The number of halogens is 1. The summed E-state index contributed by atoms with van der Waals surface area (Å²) in [6, 6.07) is 15.4. The number of carbonyl (C=O) groups excluding carboxylic acids is 2. The Labute approximate surface area is 177 Å². The fourth-order valence-electron chi connectivity index (χ4n) is 3.19. The Bertz CT molecular complexity index is 1050. The second kappa shape index (κ2) is 8.39. The van der Waals surface area contributed by atoms with Gasteiger partial charge in [0, 0.05) is 29.2 Å². The minimum absolute atomic E-state index is 0.102. The summed E-state index contributed by atoms with van der Waals surface area (Å²) in [5.41, 5.74) is 2.93. The van der Waals surface area contributed by atoms with E-state index in [9.17, 15) is 9.59 Å². The van der Waals surface area contributed by atoms with E-state index in [2.05, 4.69) is 10.2 Å². The summed E-state index contributed by atoms with van der Waals surface area (Å²) in [7, 11) is 0. The van der Waals surface area contributed by atoms with E-state index >= 15 is 0 Å². The van der Waals surface area contributed by atoms with E-state index < -0.39 is 0 Å². The highest BCUT2D eigenvalue weighted by atomic mass is 35.5. The molecular formula is C21H19ClN4O2S. The molecule has 8 heteroatoms. The van der Waals surface area contributed by atoms with Crippen molar-refractivity contribution in [3.05, 3.63) is 59.1 Å². The van der Waals surface area contributed by atoms with Crippen molar-refractivity contribution in [3.63, 3.8) is 0 Å². The van der Waals surface area contributed by atoms with Crippen molar-refractivity contribution in [2.45, 2.75) is 24.9 Å². The molecule has 4 rings (SSSR count). The standard InChI is InChI=1S/C21H19ClN4O2S/c1-14-4-6-15(7-5-14)20-23-24-21(26(20)17-10-8-16(22)9-11-17)29-13-19(28)25-12-2-3-18(25)27/h4-11H,2-3,12-13H2,1H3. The van der Waals surface area contributed by atoms with E-state index in [-0.39, 0.29) is 17.6 Å². The zero-order valence-electron chi connectivity index (χ0n) is 15.8. The summed E-state index contributed by atoms with van der Waals surface area (Å²) in [5.74, 6) is 0.514. The average molecular weight is 427 g/mol. The summed E-state index contributed by atoms with van der Waals surface area (Å²) < 4.78 is 1.91. The molecule has 1 fully saturated rings. The first-order chi connectivity index (χ1) is 14.0. The Kier molecular flexibility index (Phi) is 5.69. The van der Waals surface area contributed by atoms with Crippen LogP contribution in [0.1, 0.15) is 18.4 Å². The number of benzene rings is 2. The van der Waals surface area contributed by atoms with Gasteiger partial charge in [0.25, 0.3) is 0 Å². The maximum Gasteiger partial charge on any atom is 0.239 e. The lowest BCUT2D eigenvalue weighted by molar-refractivity contribution is -0.140. The first-order valence-corrected chi connectivity index (χ1v) is 10.6. The van der Waals surface area contributed by atoms with Crippen LogP contribution in [0.4, 0.5) is 0 Å². The molecule has 2 amide bonds. The number of nitrogens with zero attached hydrogens (tertiary/aromatic N) is 4. The number of rotatable bonds is 5. The number of carbonyl (C=O) groups is 2. The lowest BCUT2D eigenvalue weighted by Gasteiger charge is -2.14. The summed E-state index contributed by atoms with van der Waals surface area (Å²) in [4.78, 5) is 25.6. The average Bonchev–Trinajstić information content (AvgIpc) is 3.34. The SMILES string of the molecule is Cc1ccc(-c2nnc(SCC(=O)N3CCCC3=O)n2-c2ccc(Cl)cc2)cc1. The molecule has 0 atom stereocenters. The maximum atomic E-state index is 12.4. The van der Waals surface area contributed by atoms with Crippen LogP contribution < -0.4 is 0 Å². The van der Waals surface area contributed by atoms with Crippen molar-refractivity contribution in [1.82, 2.24) is 19.7 Å². The van der Waals surface area contributed by atoms with Gasteiger partial charge in [-0.05, 0) is 37.6 Å². The quantitative estimate of drug-likeness (QED) is 0.573. The van der Waals surface area contributed by atoms with Crippen molar-refractivity contribution in [1.29, 1.82) is 0 Å². The van der Waals surface area contributed by atoms with Crippen molar-refractivity contribution >= 4 is 35.2 Å². The van der Waals surface area contributed by atoms with Gasteiger partial charge < -0.3 is 0 Å². The predicted molar refractivity (Wildman–Crippen MR) is 113 cm³/mol. The molecule has 3 aromatic rings. The molecule has 0 unspecified atom stereocenters. The fourth-order valence-corrected chi connectivity index (χ4v) is 4.15. The summed E-state index contributed by atoms with van der Waals surface area (Å²) in [5, 5.41) is 9.91. The monoisotopic (exact) mass is 426 g/mol.